The summed E-state index contributed by atoms with van der Waals surface area (Å²) in [7, 11) is 0. The average Bonchev–Trinajstić information content (AvgIpc) is 2.78. The third kappa shape index (κ3) is 1.66. The van der Waals surface area contributed by atoms with E-state index in [1.165, 1.54) is 11.1 Å². The number of fused-ring (bicyclic) bond motifs is 1. The van der Waals surface area contributed by atoms with Crippen LogP contribution in [-0.4, -0.2) is 10.7 Å². The quantitative estimate of drug-likeness (QED) is 0.866. The summed E-state index contributed by atoms with van der Waals surface area (Å²) in [6, 6.07) is 10.6. The molecule has 2 rings (SSSR count). The van der Waals surface area contributed by atoms with E-state index in [2.05, 4.69) is 18.2 Å². The lowest BCUT2D eigenvalue weighted by atomic mass is 9.68. The molecule has 1 aliphatic carbocycles. The van der Waals surface area contributed by atoms with Crippen molar-refractivity contribution in [3.8, 4) is 6.07 Å². The highest BCUT2D eigenvalue weighted by atomic mass is 16.3. The molecule has 0 fully saturated rings. The molecule has 0 saturated heterocycles. The van der Waals surface area contributed by atoms with E-state index >= 15 is 0 Å². The summed E-state index contributed by atoms with van der Waals surface area (Å²) in [5.41, 5.74) is 0.921. The van der Waals surface area contributed by atoms with Crippen LogP contribution in [0.4, 0.5) is 0 Å². The van der Waals surface area contributed by atoms with E-state index in [1.54, 1.807) is 0 Å². The normalized spacial score (nSPS) is 17.5. The minimum absolute atomic E-state index is 0.630. The maximum absolute atomic E-state index is 10.7. The van der Waals surface area contributed by atoms with Gasteiger partial charge in [0.1, 0.15) is 0 Å². The van der Waals surface area contributed by atoms with Gasteiger partial charge in [-0.05, 0) is 36.8 Å². The number of nitrogens with zero attached hydrogens (tertiary/aromatic N) is 1. The third-order valence-corrected chi connectivity index (χ3v) is 4.38. The van der Waals surface area contributed by atoms with Crippen LogP contribution in [0.15, 0.2) is 24.3 Å². The van der Waals surface area contributed by atoms with Crippen molar-refractivity contribution >= 4 is 0 Å². The van der Waals surface area contributed by atoms with Gasteiger partial charge in [0, 0.05) is 0 Å². The Morgan fingerprint density at radius 1 is 1.24 bits per heavy atom. The number of aliphatic hydroxyl groups is 1. The Morgan fingerprint density at radius 3 is 2.06 bits per heavy atom. The fraction of sp³-hybridized carbons (Fsp3) is 0.533. The van der Waals surface area contributed by atoms with Gasteiger partial charge in [0.05, 0.1) is 17.1 Å². The topological polar surface area (TPSA) is 44.0 Å². The standard InChI is InChI=1S/C15H19NO/c1-3-15(17,4-2)14(11-16)9-12-7-5-6-8-13(12)10-14/h5-8,17H,3-4,9-10H2,1-2H3. The fourth-order valence-corrected chi connectivity index (χ4v) is 3.05. The molecule has 0 spiro atoms. The Hall–Kier alpha value is -1.33. The van der Waals surface area contributed by atoms with Crippen LogP contribution in [0.2, 0.25) is 0 Å². The Labute approximate surface area is 103 Å². The highest BCUT2D eigenvalue weighted by Gasteiger charge is 2.51. The fourth-order valence-electron chi connectivity index (χ4n) is 3.05. The van der Waals surface area contributed by atoms with Crippen LogP contribution < -0.4 is 0 Å². The second kappa shape index (κ2) is 4.16. The van der Waals surface area contributed by atoms with Gasteiger partial charge in [-0.3, -0.25) is 0 Å². The highest BCUT2D eigenvalue weighted by Crippen LogP contribution is 2.47. The Balaban J connectivity index is 2.43. The molecule has 0 radical (unpaired) electrons. The molecule has 0 atom stereocenters. The highest BCUT2D eigenvalue weighted by molar-refractivity contribution is 5.39. The molecule has 0 saturated carbocycles. The van der Waals surface area contributed by atoms with Gasteiger partial charge >= 0.3 is 0 Å². The Morgan fingerprint density at radius 2 is 1.71 bits per heavy atom. The average molecular weight is 229 g/mol. The SMILES string of the molecule is CCC(O)(CC)C1(C#N)Cc2ccccc2C1. The number of hydrogen-bond donors (Lipinski definition) is 1. The van der Waals surface area contributed by atoms with Gasteiger partial charge < -0.3 is 5.11 Å². The molecule has 0 heterocycles. The first-order valence-corrected chi connectivity index (χ1v) is 6.31. The van der Waals surface area contributed by atoms with E-state index in [0.29, 0.717) is 25.7 Å². The molecule has 0 unspecified atom stereocenters. The molecule has 17 heavy (non-hydrogen) atoms. The predicted octanol–water partition coefficient (Wildman–Crippen LogP) is 2.85. The van der Waals surface area contributed by atoms with Crippen molar-refractivity contribution < 1.29 is 5.11 Å². The van der Waals surface area contributed by atoms with Crippen molar-refractivity contribution in [2.45, 2.75) is 45.1 Å². The summed E-state index contributed by atoms with van der Waals surface area (Å²) in [5.74, 6) is 0. The molecule has 2 nitrogen and oxygen atoms in total. The molecule has 90 valence electrons. The van der Waals surface area contributed by atoms with E-state index in [9.17, 15) is 10.4 Å². The minimum atomic E-state index is -0.874. The Bertz CT molecular complexity index is 429. The van der Waals surface area contributed by atoms with Gasteiger partial charge in [-0.25, -0.2) is 0 Å². The molecule has 0 aromatic heterocycles. The van der Waals surface area contributed by atoms with Gasteiger partial charge in [0.2, 0.25) is 0 Å². The number of rotatable bonds is 3. The molecule has 0 amide bonds. The molecular weight excluding hydrogens is 210 g/mol. The van der Waals surface area contributed by atoms with Gasteiger partial charge in [0.15, 0.2) is 0 Å². The van der Waals surface area contributed by atoms with E-state index in [-0.39, 0.29) is 0 Å². The molecule has 1 N–H and O–H groups in total. The van der Waals surface area contributed by atoms with Gasteiger partial charge in [-0.15, -0.1) is 0 Å². The lowest BCUT2D eigenvalue weighted by Gasteiger charge is -2.39. The summed E-state index contributed by atoms with van der Waals surface area (Å²) in [6.07, 6.45) is 2.62. The van der Waals surface area contributed by atoms with Crippen molar-refractivity contribution in [1.29, 1.82) is 5.26 Å². The van der Waals surface area contributed by atoms with Crippen molar-refractivity contribution in [3.63, 3.8) is 0 Å². The van der Waals surface area contributed by atoms with Crippen molar-refractivity contribution in [2.75, 3.05) is 0 Å². The van der Waals surface area contributed by atoms with Crippen LogP contribution in [0.1, 0.15) is 37.8 Å². The van der Waals surface area contributed by atoms with Crippen molar-refractivity contribution in [1.82, 2.24) is 0 Å². The van der Waals surface area contributed by atoms with Crippen LogP contribution >= 0.6 is 0 Å². The lowest BCUT2D eigenvalue weighted by Crippen LogP contribution is -2.47. The first-order chi connectivity index (χ1) is 8.11. The largest absolute Gasteiger partial charge is 0.388 e. The van der Waals surface area contributed by atoms with Crippen LogP contribution in [0.3, 0.4) is 0 Å². The zero-order valence-corrected chi connectivity index (χ0v) is 10.5. The molecular formula is C15H19NO. The number of hydrogen-bond acceptors (Lipinski definition) is 2. The van der Waals surface area contributed by atoms with E-state index in [0.717, 1.165) is 0 Å². The summed E-state index contributed by atoms with van der Waals surface area (Å²) in [5, 5.41) is 20.3. The predicted molar refractivity (Wildman–Crippen MR) is 67.4 cm³/mol. The van der Waals surface area contributed by atoms with Crippen LogP contribution in [-0.2, 0) is 12.8 Å². The zero-order valence-electron chi connectivity index (χ0n) is 10.5. The molecule has 1 aliphatic rings. The van der Waals surface area contributed by atoms with Crippen LogP contribution in [0.25, 0.3) is 0 Å². The number of nitriles is 1. The monoisotopic (exact) mass is 229 g/mol. The molecule has 0 bridgehead atoms. The minimum Gasteiger partial charge on any atom is -0.388 e. The smallest absolute Gasteiger partial charge is 0.0940 e. The van der Waals surface area contributed by atoms with Gasteiger partial charge in [0.25, 0.3) is 0 Å². The molecule has 1 aromatic rings. The maximum Gasteiger partial charge on any atom is 0.0940 e. The van der Waals surface area contributed by atoms with Gasteiger partial charge in [-0.1, -0.05) is 38.1 Å². The summed E-state index contributed by atoms with van der Waals surface area (Å²) >= 11 is 0. The molecule has 0 aliphatic heterocycles. The second-order valence-corrected chi connectivity index (χ2v) is 5.05. The van der Waals surface area contributed by atoms with Crippen molar-refractivity contribution in [2.24, 2.45) is 5.41 Å². The Kier molecular flexibility index (Phi) is 2.97. The molecule has 2 heteroatoms. The zero-order chi connectivity index (χ0) is 12.5. The third-order valence-electron chi connectivity index (χ3n) is 4.38. The van der Waals surface area contributed by atoms with Gasteiger partial charge in [-0.2, -0.15) is 5.26 Å². The first-order valence-electron chi connectivity index (χ1n) is 6.31. The van der Waals surface area contributed by atoms with Crippen LogP contribution in [0.5, 0.6) is 0 Å². The van der Waals surface area contributed by atoms with E-state index in [4.69, 9.17) is 0 Å². The molecule has 1 aromatic carbocycles. The summed E-state index contributed by atoms with van der Waals surface area (Å²) < 4.78 is 0. The first kappa shape index (κ1) is 12.1. The number of benzene rings is 1. The second-order valence-electron chi connectivity index (χ2n) is 5.05. The summed E-state index contributed by atoms with van der Waals surface area (Å²) in [4.78, 5) is 0. The lowest BCUT2D eigenvalue weighted by molar-refractivity contribution is -0.0576. The van der Waals surface area contributed by atoms with E-state index < -0.39 is 11.0 Å². The van der Waals surface area contributed by atoms with E-state index in [1.807, 2.05) is 26.0 Å². The summed E-state index contributed by atoms with van der Waals surface area (Å²) in [6.45, 7) is 3.93. The van der Waals surface area contributed by atoms with Crippen molar-refractivity contribution in [3.05, 3.63) is 35.4 Å². The maximum atomic E-state index is 10.7. The van der Waals surface area contributed by atoms with Crippen LogP contribution in [0, 0.1) is 16.7 Å².